The molecule has 1 aliphatic heterocycles. The van der Waals surface area contributed by atoms with Gasteiger partial charge in [0, 0.05) is 18.8 Å². The molecule has 2 amide bonds. The van der Waals surface area contributed by atoms with E-state index >= 15 is 0 Å². The highest BCUT2D eigenvalue weighted by atomic mass is 32.2. The Kier molecular flexibility index (Phi) is 6.63. The Bertz CT molecular complexity index is 1260. The number of nitrogens with one attached hydrogen (secondary N) is 2. The van der Waals surface area contributed by atoms with Crippen LogP contribution < -0.4 is 10.6 Å². The lowest BCUT2D eigenvalue weighted by molar-refractivity contribution is -0.119. The van der Waals surface area contributed by atoms with Gasteiger partial charge in [-0.1, -0.05) is 17.7 Å². The first kappa shape index (κ1) is 23.1. The fourth-order valence-corrected chi connectivity index (χ4v) is 5.95. The van der Waals surface area contributed by atoms with Crippen molar-refractivity contribution in [2.75, 3.05) is 11.9 Å². The van der Waals surface area contributed by atoms with Crippen LogP contribution in [0, 0.1) is 6.92 Å². The van der Waals surface area contributed by atoms with Crippen LogP contribution in [0.1, 0.15) is 31.1 Å². The molecule has 0 unspecified atom stereocenters. The molecule has 11 heteroatoms. The van der Waals surface area contributed by atoms with E-state index in [-0.39, 0.29) is 17.3 Å². The van der Waals surface area contributed by atoms with Gasteiger partial charge in [0.25, 0.3) is 0 Å². The maximum atomic E-state index is 13.1. The predicted octanol–water partition coefficient (Wildman–Crippen LogP) is 3.14. The lowest BCUT2D eigenvalue weighted by atomic mass is 10.2. The highest BCUT2D eigenvalue weighted by Crippen LogP contribution is 2.29. The largest absolute Gasteiger partial charge is 0.458 e. The average Bonchev–Trinajstić information content (AvgIpc) is 3.52. The number of rotatable bonds is 7. The van der Waals surface area contributed by atoms with E-state index in [1.54, 1.807) is 41.8 Å². The van der Waals surface area contributed by atoms with E-state index in [2.05, 4.69) is 15.6 Å². The average molecular weight is 489 g/mol. The second-order valence-corrected chi connectivity index (χ2v) is 10.5. The Labute approximate surface area is 195 Å². The number of aromatic nitrogens is 1. The summed E-state index contributed by atoms with van der Waals surface area (Å²) in [5, 5.41) is 7.50. The third-order valence-electron chi connectivity index (χ3n) is 5.29. The van der Waals surface area contributed by atoms with Gasteiger partial charge in [-0.05, 0) is 44.0 Å². The number of nitrogens with zero attached hydrogens (tertiary/aromatic N) is 2. The molecule has 0 bridgehead atoms. The Morgan fingerprint density at radius 3 is 2.70 bits per heavy atom. The number of hydrogen-bond donors (Lipinski definition) is 2. The Morgan fingerprint density at radius 1 is 1.21 bits per heavy atom. The van der Waals surface area contributed by atoms with E-state index in [9.17, 15) is 18.0 Å². The molecule has 3 aromatic rings. The first-order valence-corrected chi connectivity index (χ1v) is 12.7. The van der Waals surface area contributed by atoms with Gasteiger partial charge in [-0.15, -0.1) is 11.3 Å². The fraction of sp³-hybridized carbons (Fsp3) is 0.318. The van der Waals surface area contributed by atoms with Gasteiger partial charge in [-0.3, -0.25) is 9.59 Å². The number of carbonyl (C=O) groups is 2. The molecule has 9 nitrogen and oxygen atoms in total. The summed E-state index contributed by atoms with van der Waals surface area (Å²) in [4.78, 5) is 28.6. The molecular weight excluding hydrogens is 464 g/mol. The van der Waals surface area contributed by atoms with Crippen molar-refractivity contribution in [1.82, 2.24) is 14.6 Å². The molecule has 1 atom stereocenters. The number of thiazole rings is 1. The third kappa shape index (κ3) is 5.15. The zero-order valence-corrected chi connectivity index (χ0v) is 19.8. The van der Waals surface area contributed by atoms with Crippen molar-refractivity contribution in [1.29, 1.82) is 0 Å². The van der Waals surface area contributed by atoms with Gasteiger partial charge in [0.2, 0.25) is 21.8 Å². The maximum absolute atomic E-state index is 13.1. The summed E-state index contributed by atoms with van der Waals surface area (Å²) >= 11 is 1.22. The lowest BCUT2D eigenvalue weighted by Crippen LogP contribution is -2.43. The van der Waals surface area contributed by atoms with Crippen molar-refractivity contribution in [3.8, 4) is 11.5 Å². The van der Waals surface area contributed by atoms with E-state index < -0.39 is 22.0 Å². The predicted molar refractivity (Wildman–Crippen MR) is 124 cm³/mol. The summed E-state index contributed by atoms with van der Waals surface area (Å²) in [5.74, 6) is 0.532. The molecule has 0 saturated carbocycles. The zero-order chi connectivity index (χ0) is 23.6. The monoisotopic (exact) mass is 488 g/mol. The number of sulfonamides is 1. The molecule has 4 rings (SSSR count). The minimum atomic E-state index is -3.78. The van der Waals surface area contributed by atoms with E-state index in [4.69, 9.17) is 4.42 Å². The van der Waals surface area contributed by atoms with Crippen LogP contribution in [0.25, 0.3) is 11.5 Å². The van der Waals surface area contributed by atoms with E-state index in [0.717, 1.165) is 5.56 Å². The summed E-state index contributed by atoms with van der Waals surface area (Å²) in [6.45, 7) is 3.88. The minimum Gasteiger partial charge on any atom is -0.458 e. The number of carbonyl (C=O) groups excluding carboxylic acids is 2. The van der Waals surface area contributed by atoms with Gasteiger partial charge in [-0.25, -0.2) is 13.4 Å². The number of benzene rings is 1. The van der Waals surface area contributed by atoms with Crippen molar-refractivity contribution in [3.05, 3.63) is 53.1 Å². The van der Waals surface area contributed by atoms with E-state index in [1.807, 2.05) is 6.92 Å². The second kappa shape index (κ2) is 9.46. The van der Waals surface area contributed by atoms with Crippen LogP contribution in [-0.2, 0) is 26.2 Å². The first-order valence-electron chi connectivity index (χ1n) is 10.4. The molecule has 1 fully saturated rings. The van der Waals surface area contributed by atoms with Crippen LogP contribution in [-0.4, -0.2) is 42.1 Å². The number of aryl methyl sites for hydroxylation is 1. The topological polar surface area (TPSA) is 122 Å². The molecule has 2 N–H and O–H groups in total. The molecule has 0 aliphatic carbocycles. The quantitative estimate of drug-likeness (QED) is 0.527. The summed E-state index contributed by atoms with van der Waals surface area (Å²) < 4.78 is 33.1. The maximum Gasteiger partial charge on any atom is 0.244 e. The molecule has 1 aliphatic rings. The van der Waals surface area contributed by atoms with Crippen molar-refractivity contribution >= 4 is 38.3 Å². The normalized spacial score (nSPS) is 16.6. The Morgan fingerprint density at radius 2 is 1.97 bits per heavy atom. The van der Waals surface area contributed by atoms with Crippen LogP contribution in [0.2, 0.25) is 0 Å². The second-order valence-electron chi connectivity index (χ2n) is 7.79. The summed E-state index contributed by atoms with van der Waals surface area (Å²) in [7, 11) is -3.78. The Balaban J connectivity index is 1.44. The molecule has 33 heavy (non-hydrogen) atoms. The first-order chi connectivity index (χ1) is 15.7. The molecule has 1 aromatic carbocycles. The zero-order valence-electron chi connectivity index (χ0n) is 18.2. The van der Waals surface area contributed by atoms with E-state index in [1.165, 1.54) is 22.6 Å². The summed E-state index contributed by atoms with van der Waals surface area (Å²) in [5.41, 5.74) is 1.50. The number of furan rings is 1. The standard InChI is InChI=1S/C22H24N4O5S2/c1-14-5-8-17(9-6-14)33(29,30)26-11-3-4-19(26)21(28)25-22-24-18(13-32-22)20-10-7-16(31-20)12-23-15(2)27/h5-10,13,19H,3-4,11-12H2,1-2H3,(H,23,27)(H,24,25,28)/t19-/m0/s1. The van der Waals surface area contributed by atoms with Gasteiger partial charge in [-0.2, -0.15) is 4.31 Å². The number of anilines is 1. The fourth-order valence-electron chi connectivity index (χ4n) is 3.59. The molecule has 1 saturated heterocycles. The molecule has 174 valence electrons. The third-order valence-corrected chi connectivity index (χ3v) is 7.97. The number of hydrogen-bond acceptors (Lipinski definition) is 7. The van der Waals surface area contributed by atoms with Gasteiger partial charge < -0.3 is 15.1 Å². The van der Waals surface area contributed by atoms with Crippen LogP contribution in [0.15, 0.2) is 51.1 Å². The van der Waals surface area contributed by atoms with Crippen LogP contribution in [0.3, 0.4) is 0 Å². The highest BCUT2D eigenvalue weighted by Gasteiger charge is 2.39. The minimum absolute atomic E-state index is 0.156. The smallest absolute Gasteiger partial charge is 0.244 e. The SMILES string of the molecule is CC(=O)NCc1ccc(-c2csc(NC(=O)[C@@H]3CCCN3S(=O)(=O)c3ccc(C)cc3)n2)o1. The van der Waals surface area contributed by atoms with Gasteiger partial charge >= 0.3 is 0 Å². The van der Waals surface area contributed by atoms with Gasteiger partial charge in [0.15, 0.2) is 10.9 Å². The number of amides is 2. The molecule has 3 heterocycles. The summed E-state index contributed by atoms with van der Waals surface area (Å²) in [6.07, 6.45) is 1.05. The van der Waals surface area contributed by atoms with Crippen molar-refractivity contribution in [2.45, 2.75) is 44.2 Å². The summed E-state index contributed by atoms with van der Waals surface area (Å²) in [6, 6.07) is 9.30. The molecule has 0 spiro atoms. The molecular formula is C22H24N4O5S2. The molecule has 2 aromatic heterocycles. The van der Waals surface area contributed by atoms with Gasteiger partial charge in [0.05, 0.1) is 11.4 Å². The van der Waals surface area contributed by atoms with Crippen LogP contribution in [0.4, 0.5) is 5.13 Å². The Hall–Kier alpha value is -3.02. The van der Waals surface area contributed by atoms with Crippen LogP contribution >= 0.6 is 11.3 Å². The molecule has 0 radical (unpaired) electrons. The van der Waals surface area contributed by atoms with Crippen LogP contribution in [0.5, 0.6) is 0 Å². The lowest BCUT2D eigenvalue weighted by Gasteiger charge is -2.23. The van der Waals surface area contributed by atoms with Crippen molar-refractivity contribution in [3.63, 3.8) is 0 Å². The van der Waals surface area contributed by atoms with Crippen molar-refractivity contribution in [2.24, 2.45) is 0 Å². The van der Waals surface area contributed by atoms with Gasteiger partial charge in [0.1, 0.15) is 17.5 Å². The van der Waals surface area contributed by atoms with E-state index in [0.29, 0.717) is 41.7 Å². The highest BCUT2D eigenvalue weighted by molar-refractivity contribution is 7.89. The van der Waals surface area contributed by atoms with Crippen molar-refractivity contribution < 1.29 is 22.4 Å².